The van der Waals surface area contributed by atoms with Crippen LogP contribution in [0.1, 0.15) is 239 Å². The first-order valence-corrected chi connectivity index (χ1v) is 21.3. The van der Waals surface area contributed by atoms with Gasteiger partial charge in [-0.1, -0.05) is 185 Å². The van der Waals surface area contributed by atoms with Crippen molar-refractivity contribution in [2.24, 2.45) is 0 Å². The molecule has 1 atom stereocenters. The smallest absolute Gasteiger partial charge is 0.306 e. The van der Waals surface area contributed by atoms with E-state index in [4.69, 9.17) is 9.84 Å². The summed E-state index contributed by atoms with van der Waals surface area (Å²) in [5.74, 6) is -0.662. The quantitative estimate of drug-likeness (QED) is 0.0400. The van der Waals surface area contributed by atoms with Crippen LogP contribution >= 0.6 is 0 Å². The number of carboxylic acid groups (broad SMARTS) is 1. The molecule has 0 bridgehead atoms. The van der Waals surface area contributed by atoms with Gasteiger partial charge in [0.25, 0.3) is 0 Å². The Hall–Kier alpha value is -1.58. The Morgan fingerprint density at radius 1 is 0.479 bits per heavy atom. The molecule has 0 radical (unpaired) electrons. The van der Waals surface area contributed by atoms with E-state index in [1.165, 1.54) is 173 Å². The van der Waals surface area contributed by atoms with E-state index in [2.05, 4.69) is 38.2 Å². The van der Waals surface area contributed by atoms with Gasteiger partial charge in [0.1, 0.15) is 0 Å². The standard InChI is InChI=1S/C44H82O4/c1-3-4-5-6-7-8-9-10-11-12-13-14-15-16-20-23-26-29-32-35-38-41-44(47)48-42(2)39-36-33-30-27-24-21-18-17-19-22-25-28-31-34-37-40-43(45)46/h7-8,10-11,42H,3-6,9,12-41H2,1-2H3,(H,45,46)/b8-7-,11-10-. The van der Waals surface area contributed by atoms with Gasteiger partial charge in [0.15, 0.2) is 0 Å². The molecule has 282 valence electrons. The summed E-state index contributed by atoms with van der Waals surface area (Å²) in [6.45, 7) is 4.32. The number of carboxylic acids is 1. The molecular weight excluding hydrogens is 592 g/mol. The number of esters is 1. The Balaban J connectivity index is 3.30. The predicted molar refractivity (Wildman–Crippen MR) is 209 cm³/mol. The lowest BCUT2D eigenvalue weighted by Crippen LogP contribution is -2.14. The molecule has 0 rings (SSSR count). The van der Waals surface area contributed by atoms with Gasteiger partial charge in [-0.2, -0.15) is 0 Å². The largest absolute Gasteiger partial charge is 0.481 e. The second-order valence-electron chi connectivity index (χ2n) is 14.6. The number of carbonyl (C=O) groups excluding carboxylic acids is 1. The van der Waals surface area contributed by atoms with Crippen LogP contribution < -0.4 is 0 Å². The molecule has 0 saturated heterocycles. The molecule has 0 aromatic rings. The molecule has 0 heterocycles. The minimum atomic E-state index is -0.665. The fraction of sp³-hybridized carbons (Fsp3) is 0.864. The third kappa shape index (κ3) is 40.6. The Bertz CT molecular complexity index is 727. The summed E-state index contributed by atoms with van der Waals surface area (Å²) in [6, 6.07) is 0. The minimum absolute atomic E-state index is 0.00312. The highest BCUT2D eigenvalue weighted by atomic mass is 16.5. The molecule has 1 N–H and O–H groups in total. The number of unbranched alkanes of at least 4 members (excludes halogenated alkanes) is 28. The normalized spacial score (nSPS) is 12.4. The topological polar surface area (TPSA) is 63.6 Å². The van der Waals surface area contributed by atoms with Crippen molar-refractivity contribution in [2.45, 2.75) is 245 Å². The van der Waals surface area contributed by atoms with Gasteiger partial charge < -0.3 is 9.84 Å². The average Bonchev–Trinajstić information content (AvgIpc) is 3.06. The summed E-state index contributed by atoms with van der Waals surface area (Å²) in [7, 11) is 0. The van der Waals surface area contributed by atoms with Gasteiger partial charge >= 0.3 is 11.9 Å². The fourth-order valence-corrected chi connectivity index (χ4v) is 6.49. The van der Waals surface area contributed by atoms with Crippen molar-refractivity contribution in [2.75, 3.05) is 0 Å². The van der Waals surface area contributed by atoms with Crippen molar-refractivity contribution in [3.63, 3.8) is 0 Å². The number of hydrogen-bond acceptors (Lipinski definition) is 3. The molecule has 0 aromatic heterocycles. The molecule has 4 heteroatoms. The summed E-state index contributed by atoms with van der Waals surface area (Å²) in [4.78, 5) is 22.7. The van der Waals surface area contributed by atoms with Gasteiger partial charge in [0.2, 0.25) is 0 Å². The van der Waals surface area contributed by atoms with Crippen LogP contribution in [-0.4, -0.2) is 23.1 Å². The Morgan fingerprint density at radius 3 is 1.25 bits per heavy atom. The Labute approximate surface area is 299 Å². The van der Waals surface area contributed by atoms with Gasteiger partial charge in [-0.15, -0.1) is 0 Å². The highest BCUT2D eigenvalue weighted by Gasteiger charge is 2.09. The molecule has 0 aliphatic rings. The first kappa shape index (κ1) is 46.4. The molecule has 0 aromatic carbocycles. The third-order valence-corrected chi connectivity index (χ3v) is 9.67. The Morgan fingerprint density at radius 2 is 0.833 bits per heavy atom. The maximum absolute atomic E-state index is 12.2. The number of ether oxygens (including phenoxy) is 1. The van der Waals surface area contributed by atoms with Crippen molar-refractivity contribution < 1.29 is 19.4 Å². The zero-order valence-corrected chi connectivity index (χ0v) is 32.3. The maximum atomic E-state index is 12.2. The van der Waals surface area contributed by atoms with E-state index in [9.17, 15) is 9.59 Å². The van der Waals surface area contributed by atoms with E-state index in [0.717, 1.165) is 38.5 Å². The van der Waals surface area contributed by atoms with Crippen LogP contribution in [0.25, 0.3) is 0 Å². The number of rotatable bonds is 39. The van der Waals surface area contributed by atoms with Crippen molar-refractivity contribution in [3.8, 4) is 0 Å². The monoisotopic (exact) mass is 675 g/mol. The van der Waals surface area contributed by atoms with Crippen molar-refractivity contribution in [1.82, 2.24) is 0 Å². The predicted octanol–water partition coefficient (Wildman–Crippen LogP) is 14.8. The number of aliphatic carboxylic acids is 1. The third-order valence-electron chi connectivity index (χ3n) is 9.67. The van der Waals surface area contributed by atoms with Crippen LogP contribution in [0.2, 0.25) is 0 Å². The van der Waals surface area contributed by atoms with E-state index in [1.54, 1.807) is 0 Å². The van der Waals surface area contributed by atoms with Gasteiger partial charge in [-0.3, -0.25) is 9.59 Å². The van der Waals surface area contributed by atoms with E-state index < -0.39 is 5.97 Å². The number of hydrogen-bond donors (Lipinski definition) is 1. The highest BCUT2D eigenvalue weighted by molar-refractivity contribution is 5.69. The molecular formula is C44H82O4. The average molecular weight is 675 g/mol. The second-order valence-corrected chi connectivity index (χ2v) is 14.6. The van der Waals surface area contributed by atoms with Crippen LogP contribution in [0.4, 0.5) is 0 Å². The molecule has 0 saturated carbocycles. The SMILES string of the molecule is CCCCC/C=C\C/C=C\CCCCCCCCCCCCCC(=O)OC(C)CCCCCCCCCCCCCCCCCC(=O)O. The molecule has 0 amide bonds. The zero-order valence-electron chi connectivity index (χ0n) is 32.3. The molecule has 0 spiro atoms. The van der Waals surface area contributed by atoms with Crippen molar-refractivity contribution >= 4 is 11.9 Å². The van der Waals surface area contributed by atoms with Gasteiger partial charge in [-0.05, 0) is 64.7 Å². The lowest BCUT2D eigenvalue weighted by Gasteiger charge is -2.13. The molecule has 4 nitrogen and oxygen atoms in total. The van der Waals surface area contributed by atoms with E-state index >= 15 is 0 Å². The highest BCUT2D eigenvalue weighted by Crippen LogP contribution is 2.16. The molecule has 0 aliphatic heterocycles. The van der Waals surface area contributed by atoms with Gasteiger partial charge in [-0.25, -0.2) is 0 Å². The van der Waals surface area contributed by atoms with E-state index in [1.807, 2.05) is 0 Å². The molecule has 0 fully saturated rings. The van der Waals surface area contributed by atoms with Crippen LogP contribution in [0, 0.1) is 0 Å². The first-order chi connectivity index (χ1) is 23.6. The lowest BCUT2D eigenvalue weighted by molar-refractivity contribution is -0.148. The molecule has 48 heavy (non-hydrogen) atoms. The van der Waals surface area contributed by atoms with E-state index in [0.29, 0.717) is 12.8 Å². The second kappa shape index (κ2) is 39.9. The van der Waals surface area contributed by atoms with Gasteiger partial charge in [0, 0.05) is 12.8 Å². The summed E-state index contributed by atoms with van der Waals surface area (Å²) in [5.41, 5.74) is 0. The van der Waals surface area contributed by atoms with Crippen LogP contribution in [0.5, 0.6) is 0 Å². The summed E-state index contributed by atoms with van der Waals surface area (Å²) in [5, 5.41) is 8.65. The minimum Gasteiger partial charge on any atom is -0.481 e. The number of carbonyl (C=O) groups is 2. The summed E-state index contributed by atoms with van der Waals surface area (Å²) >= 11 is 0. The van der Waals surface area contributed by atoms with E-state index in [-0.39, 0.29) is 12.1 Å². The molecule has 0 aliphatic carbocycles. The number of allylic oxidation sites excluding steroid dienone is 4. The summed E-state index contributed by atoms with van der Waals surface area (Å²) in [6.07, 6.45) is 52.0. The lowest BCUT2D eigenvalue weighted by atomic mass is 10.0. The van der Waals surface area contributed by atoms with Crippen molar-refractivity contribution in [3.05, 3.63) is 24.3 Å². The maximum Gasteiger partial charge on any atom is 0.306 e. The molecule has 1 unspecified atom stereocenters. The van der Waals surface area contributed by atoms with Gasteiger partial charge in [0.05, 0.1) is 6.10 Å². The van der Waals surface area contributed by atoms with Crippen LogP contribution in [-0.2, 0) is 14.3 Å². The zero-order chi connectivity index (χ0) is 35.0. The van der Waals surface area contributed by atoms with Crippen LogP contribution in [0.3, 0.4) is 0 Å². The Kier molecular flexibility index (Phi) is 38.5. The van der Waals surface area contributed by atoms with Crippen molar-refractivity contribution in [1.29, 1.82) is 0 Å². The summed E-state index contributed by atoms with van der Waals surface area (Å²) < 4.78 is 5.66. The fourth-order valence-electron chi connectivity index (χ4n) is 6.49. The first-order valence-electron chi connectivity index (χ1n) is 21.3. The van der Waals surface area contributed by atoms with Crippen LogP contribution in [0.15, 0.2) is 24.3 Å².